The second kappa shape index (κ2) is 3.44. The summed E-state index contributed by atoms with van der Waals surface area (Å²) in [4.78, 5) is 15.4. The lowest BCUT2D eigenvalue weighted by Crippen LogP contribution is -1.76. The summed E-state index contributed by atoms with van der Waals surface area (Å²) in [7, 11) is 0. The minimum absolute atomic E-state index is 0.442. The number of aromatic nitrogens is 1. The third-order valence-electron chi connectivity index (χ3n) is 1.70. The van der Waals surface area contributed by atoms with Crippen molar-refractivity contribution in [1.29, 1.82) is 0 Å². The highest BCUT2D eigenvalue weighted by Gasteiger charge is 2.04. The Morgan fingerprint density at radius 1 is 1.62 bits per heavy atom. The second-order valence-corrected chi connectivity index (χ2v) is 4.13. The Hall–Kier alpha value is -0.930. The molecular formula is C9H6ClNOS. The van der Waals surface area contributed by atoms with E-state index in [-0.39, 0.29) is 0 Å². The Kier molecular flexibility index (Phi) is 2.29. The van der Waals surface area contributed by atoms with Gasteiger partial charge in [-0.15, -0.1) is 11.3 Å². The van der Waals surface area contributed by atoms with Crippen molar-refractivity contribution >= 4 is 39.4 Å². The number of hydrogen-bond acceptors (Lipinski definition) is 3. The normalized spacial score (nSPS) is 10.5. The van der Waals surface area contributed by atoms with Gasteiger partial charge in [-0.3, -0.25) is 4.98 Å². The monoisotopic (exact) mass is 211 g/mol. The van der Waals surface area contributed by atoms with Crippen LogP contribution in [0.15, 0.2) is 18.3 Å². The third-order valence-corrected chi connectivity index (χ3v) is 3.31. The topological polar surface area (TPSA) is 30.0 Å². The first-order valence-corrected chi connectivity index (χ1v) is 4.97. The van der Waals surface area contributed by atoms with E-state index in [2.05, 4.69) is 4.98 Å². The number of thiophene rings is 1. The number of carbonyl (C=O) groups is 1. The molecule has 4 heteroatoms. The van der Waals surface area contributed by atoms with E-state index in [1.807, 2.05) is 6.07 Å². The average Bonchev–Trinajstić information content (AvgIpc) is 2.49. The van der Waals surface area contributed by atoms with Crippen molar-refractivity contribution in [2.75, 3.05) is 0 Å². The van der Waals surface area contributed by atoms with Crippen LogP contribution in [0.4, 0.5) is 0 Å². The highest BCUT2D eigenvalue weighted by atomic mass is 35.5. The van der Waals surface area contributed by atoms with Crippen LogP contribution in [-0.2, 0) is 11.2 Å². The predicted molar refractivity (Wildman–Crippen MR) is 54.4 cm³/mol. The van der Waals surface area contributed by atoms with Gasteiger partial charge < -0.3 is 4.79 Å². The number of fused-ring (bicyclic) bond motifs is 1. The van der Waals surface area contributed by atoms with Crippen LogP contribution in [0.3, 0.4) is 0 Å². The van der Waals surface area contributed by atoms with Crippen molar-refractivity contribution in [2.24, 2.45) is 0 Å². The van der Waals surface area contributed by atoms with Crippen LogP contribution in [0.1, 0.15) is 4.88 Å². The molecule has 0 bridgehead atoms. The number of nitrogens with zero attached hydrogens (tertiary/aromatic N) is 1. The highest BCUT2D eigenvalue weighted by molar-refractivity contribution is 7.19. The summed E-state index contributed by atoms with van der Waals surface area (Å²) in [5.74, 6) is 0. The summed E-state index contributed by atoms with van der Waals surface area (Å²) in [6.45, 7) is 0. The van der Waals surface area contributed by atoms with Crippen molar-refractivity contribution in [1.82, 2.24) is 4.98 Å². The Morgan fingerprint density at radius 3 is 3.15 bits per heavy atom. The zero-order chi connectivity index (χ0) is 9.26. The molecule has 0 amide bonds. The molecule has 2 rings (SSSR count). The molecule has 2 nitrogen and oxygen atoms in total. The summed E-state index contributed by atoms with van der Waals surface area (Å²) >= 11 is 7.48. The first-order valence-electron chi connectivity index (χ1n) is 3.78. The molecule has 0 atom stereocenters. The highest BCUT2D eigenvalue weighted by Crippen LogP contribution is 2.29. The molecule has 0 saturated carbocycles. The van der Waals surface area contributed by atoms with E-state index in [0.29, 0.717) is 11.4 Å². The van der Waals surface area contributed by atoms with Gasteiger partial charge in [-0.05, 0) is 12.1 Å². The van der Waals surface area contributed by atoms with Crippen LogP contribution < -0.4 is 0 Å². The van der Waals surface area contributed by atoms with Gasteiger partial charge in [0.2, 0.25) is 0 Å². The van der Waals surface area contributed by atoms with Gasteiger partial charge in [0.1, 0.15) is 6.29 Å². The minimum atomic E-state index is 0.442. The molecular weight excluding hydrogens is 206 g/mol. The summed E-state index contributed by atoms with van der Waals surface area (Å²) in [5, 5.41) is 0.701. The summed E-state index contributed by atoms with van der Waals surface area (Å²) in [6, 6.07) is 3.66. The molecule has 2 aromatic rings. The number of halogens is 1. The molecule has 2 heterocycles. The fourth-order valence-electron chi connectivity index (χ4n) is 1.14. The maximum Gasteiger partial charge on any atom is 0.125 e. The van der Waals surface area contributed by atoms with E-state index < -0.39 is 0 Å². The maximum absolute atomic E-state index is 10.3. The first-order chi connectivity index (χ1) is 6.31. The van der Waals surface area contributed by atoms with Gasteiger partial charge in [-0.2, -0.15) is 0 Å². The standard InChI is InChI=1S/C9H6ClNOS/c10-7-1-3-11-8-5-6(2-4-12)13-9(7)8/h1,3-5H,2H2. The van der Waals surface area contributed by atoms with E-state index in [1.54, 1.807) is 12.3 Å². The average molecular weight is 212 g/mol. The molecule has 13 heavy (non-hydrogen) atoms. The van der Waals surface area contributed by atoms with Crippen LogP contribution in [-0.4, -0.2) is 11.3 Å². The van der Waals surface area contributed by atoms with Crippen LogP contribution in [0.25, 0.3) is 10.2 Å². The molecule has 0 radical (unpaired) electrons. The zero-order valence-electron chi connectivity index (χ0n) is 6.66. The zero-order valence-corrected chi connectivity index (χ0v) is 8.23. The van der Waals surface area contributed by atoms with Crippen molar-refractivity contribution in [3.05, 3.63) is 28.2 Å². The van der Waals surface area contributed by atoms with Gasteiger partial charge in [0.05, 0.1) is 15.2 Å². The number of carbonyl (C=O) groups excluding carboxylic acids is 1. The number of aldehydes is 1. The first kappa shape index (κ1) is 8.66. The number of rotatable bonds is 2. The van der Waals surface area contributed by atoms with Crippen molar-refractivity contribution in [3.63, 3.8) is 0 Å². The third kappa shape index (κ3) is 1.57. The second-order valence-electron chi connectivity index (χ2n) is 2.59. The smallest absolute Gasteiger partial charge is 0.125 e. The lowest BCUT2D eigenvalue weighted by Gasteiger charge is -1.88. The Bertz CT molecular complexity index is 452. The maximum atomic E-state index is 10.3. The molecule has 0 aromatic carbocycles. The van der Waals surface area contributed by atoms with E-state index in [9.17, 15) is 4.79 Å². The largest absolute Gasteiger partial charge is 0.303 e. The molecule has 66 valence electrons. The van der Waals surface area contributed by atoms with Gasteiger partial charge in [0, 0.05) is 17.5 Å². The van der Waals surface area contributed by atoms with E-state index in [1.165, 1.54) is 11.3 Å². The number of hydrogen-bond donors (Lipinski definition) is 0. The lowest BCUT2D eigenvalue weighted by atomic mass is 10.3. The van der Waals surface area contributed by atoms with Crippen molar-refractivity contribution < 1.29 is 4.79 Å². The summed E-state index contributed by atoms with van der Waals surface area (Å²) in [5.41, 5.74) is 0.870. The van der Waals surface area contributed by atoms with E-state index in [4.69, 9.17) is 11.6 Å². The van der Waals surface area contributed by atoms with Crippen LogP contribution >= 0.6 is 22.9 Å². The van der Waals surface area contributed by atoms with Gasteiger partial charge >= 0.3 is 0 Å². The van der Waals surface area contributed by atoms with E-state index >= 15 is 0 Å². The van der Waals surface area contributed by atoms with Gasteiger partial charge in [-0.25, -0.2) is 0 Å². The minimum Gasteiger partial charge on any atom is -0.303 e. The number of pyridine rings is 1. The Morgan fingerprint density at radius 2 is 2.46 bits per heavy atom. The van der Waals surface area contributed by atoms with Crippen LogP contribution in [0.5, 0.6) is 0 Å². The van der Waals surface area contributed by atoms with Gasteiger partial charge in [0.15, 0.2) is 0 Å². The molecule has 0 aliphatic rings. The molecule has 0 spiro atoms. The Labute approximate surface area is 84.2 Å². The summed E-state index contributed by atoms with van der Waals surface area (Å²) < 4.78 is 0.959. The Balaban J connectivity index is 2.61. The van der Waals surface area contributed by atoms with Gasteiger partial charge in [-0.1, -0.05) is 11.6 Å². The molecule has 0 fully saturated rings. The van der Waals surface area contributed by atoms with Crippen LogP contribution in [0.2, 0.25) is 5.02 Å². The van der Waals surface area contributed by atoms with Crippen molar-refractivity contribution in [2.45, 2.75) is 6.42 Å². The molecule has 0 N–H and O–H groups in total. The lowest BCUT2D eigenvalue weighted by molar-refractivity contribution is -0.107. The molecule has 0 unspecified atom stereocenters. The van der Waals surface area contributed by atoms with Crippen LogP contribution in [0, 0.1) is 0 Å². The molecule has 0 aliphatic heterocycles. The fourth-order valence-corrected chi connectivity index (χ4v) is 2.37. The molecule has 2 aromatic heterocycles. The molecule has 0 aliphatic carbocycles. The fraction of sp³-hybridized carbons (Fsp3) is 0.111. The summed E-state index contributed by atoms with van der Waals surface area (Å²) in [6.07, 6.45) is 3.00. The van der Waals surface area contributed by atoms with E-state index in [0.717, 1.165) is 21.4 Å². The SMILES string of the molecule is O=CCc1cc2nccc(Cl)c2s1. The van der Waals surface area contributed by atoms with Crippen molar-refractivity contribution in [3.8, 4) is 0 Å². The van der Waals surface area contributed by atoms with Gasteiger partial charge in [0.25, 0.3) is 0 Å². The quantitative estimate of drug-likeness (QED) is 0.715. The molecule has 0 saturated heterocycles. The predicted octanol–water partition coefficient (Wildman–Crippen LogP) is 2.69.